The summed E-state index contributed by atoms with van der Waals surface area (Å²) >= 11 is 0. The van der Waals surface area contributed by atoms with Gasteiger partial charge in [-0.1, -0.05) is 11.1 Å². The molecular weight excluding hydrogens is 180 g/mol. The van der Waals surface area contributed by atoms with E-state index in [2.05, 4.69) is 11.1 Å². The van der Waals surface area contributed by atoms with Crippen molar-refractivity contribution >= 4 is 5.91 Å². The molecule has 0 aliphatic carbocycles. The Kier molecular flexibility index (Phi) is 3.29. The topological polar surface area (TPSA) is 46.3 Å². The fraction of sp³-hybridized carbons (Fsp3) is 0.400. The molecule has 1 heterocycles. The van der Waals surface area contributed by atoms with Gasteiger partial charge in [-0.25, -0.2) is 0 Å². The maximum Gasteiger partial charge on any atom is 0.276 e. The Balaban J connectivity index is 2.78. The molecule has 0 fully saturated rings. The van der Waals surface area contributed by atoms with E-state index in [1.165, 1.54) is 4.90 Å². The fourth-order valence-corrected chi connectivity index (χ4v) is 1.07. The van der Waals surface area contributed by atoms with E-state index < -0.39 is 0 Å². The molecule has 0 saturated heterocycles. The van der Waals surface area contributed by atoms with E-state index in [9.17, 15) is 4.79 Å². The summed E-state index contributed by atoms with van der Waals surface area (Å²) in [5, 5.41) is 3.63. The molecule has 4 heteroatoms. The summed E-state index contributed by atoms with van der Waals surface area (Å²) in [6.45, 7) is 4.46. The zero-order valence-electron chi connectivity index (χ0n) is 8.28. The molecule has 0 aliphatic rings. The second-order valence-corrected chi connectivity index (χ2v) is 2.85. The quantitative estimate of drug-likeness (QED) is 0.673. The molecule has 74 valence electrons. The summed E-state index contributed by atoms with van der Waals surface area (Å²) in [4.78, 5) is 13.2. The summed E-state index contributed by atoms with van der Waals surface area (Å²) in [6.07, 6.45) is 5.14. The summed E-state index contributed by atoms with van der Waals surface area (Å²) in [7, 11) is 0. The predicted molar refractivity (Wildman–Crippen MR) is 51.7 cm³/mol. The predicted octanol–water partition coefficient (Wildman–Crippen LogP) is 1.08. The van der Waals surface area contributed by atoms with Gasteiger partial charge >= 0.3 is 0 Å². The van der Waals surface area contributed by atoms with E-state index in [1.807, 2.05) is 6.92 Å². The number of amides is 1. The molecule has 1 aromatic heterocycles. The van der Waals surface area contributed by atoms with Crippen LogP contribution in [0.1, 0.15) is 23.2 Å². The lowest BCUT2D eigenvalue weighted by Gasteiger charge is -2.15. The van der Waals surface area contributed by atoms with Crippen LogP contribution in [-0.2, 0) is 0 Å². The third kappa shape index (κ3) is 2.13. The van der Waals surface area contributed by atoms with Crippen LogP contribution in [0.15, 0.2) is 10.6 Å². The lowest BCUT2D eigenvalue weighted by atomic mass is 10.3. The SMILES string of the molecule is C#CCN(CC)C(=O)c1cc(C)on1. The molecule has 1 rings (SSSR count). The lowest BCUT2D eigenvalue weighted by Crippen LogP contribution is -2.31. The Bertz CT molecular complexity index is 362. The largest absolute Gasteiger partial charge is 0.361 e. The van der Waals surface area contributed by atoms with Gasteiger partial charge in [-0.2, -0.15) is 0 Å². The normalized spacial score (nSPS) is 9.50. The van der Waals surface area contributed by atoms with Crippen molar-refractivity contribution in [2.75, 3.05) is 13.1 Å². The van der Waals surface area contributed by atoms with Gasteiger partial charge in [0.15, 0.2) is 5.69 Å². The Labute approximate surface area is 82.9 Å². The first-order valence-corrected chi connectivity index (χ1v) is 4.35. The molecule has 0 N–H and O–H groups in total. The molecule has 0 saturated carbocycles. The van der Waals surface area contributed by atoms with Crippen LogP contribution >= 0.6 is 0 Å². The molecule has 0 bridgehead atoms. The van der Waals surface area contributed by atoms with Crippen LogP contribution < -0.4 is 0 Å². The fourth-order valence-electron chi connectivity index (χ4n) is 1.07. The number of nitrogens with zero attached hydrogens (tertiary/aromatic N) is 2. The van der Waals surface area contributed by atoms with Crippen molar-refractivity contribution < 1.29 is 9.32 Å². The van der Waals surface area contributed by atoms with E-state index in [0.717, 1.165) is 0 Å². The third-order valence-electron chi connectivity index (χ3n) is 1.80. The highest BCUT2D eigenvalue weighted by atomic mass is 16.5. The Hall–Kier alpha value is -1.76. The number of aromatic nitrogens is 1. The van der Waals surface area contributed by atoms with E-state index >= 15 is 0 Å². The highest BCUT2D eigenvalue weighted by molar-refractivity contribution is 5.92. The van der Waals surface area contributed by atoms with Crippen molar-refractivity contribution in [3.8, 4) is 12.3 Å². The van der Waals surface area contributed by atoms with Gasteiger partial charge in [-0.3, -0.25) is 4.79 Å². The number of hydrogen-bond acceptors (Lipinski definition) is 3. The number of terminal acetylenes is 1. The molecule has 0 atom stereocenters. The van der Waals surface area contributed by atoms with E-state index in [1.54, 1.807) is 13.0 Å². The van der Waals surface area contributed by atoms with Crippen molar-refractivity contribution in [3.63, 3.8) is 0 Å². The first kappa shape index (κ1) is 10.3. The van der Waals surface area contributed by atoms with Crippen molar-refractivity contribution in [3.05, 3.63) is 17.5 Å². The van der Waals surface area contributed by atoms with Crippen LogP contribution in [0, 0.1) is 19.3 Å². The van der Waals surface area contributed by atoms with Gasteiger partial charge in [-0.05, 0) is 13.8 Å². The number of aryl methyl sites for hydroxylation is 1. The smallest absolute Gasteiger partial charge is 0.276 e. The highest BCUT2D eigenvalue weighted by Crippen LogP contribution is 2.05. The first-order valence-electron chi connectivity index (χ1n) is 4.35. The Morgan fingerprint density at radius 3 is 2.93 bits per heavy atom. The summed E-state index contributed by atoms with van der Waals surface area (Å²) in [6, 6.07) is 1.60. The highest BCUT2D eigenvalue weighted by Gasteiger charge is 2.16. The number of carbonyl (C=O) groups is 1. The molecule has 0 aliphatic heterocycles. The van der Waals surface area contributed by atoms with Gasteiger partial charge in [0.1, 0.15) is 5.76 Å². The van der Waals surface area contributed by atoms with Gasteiger partial charge in [0.2, 0.25) is 0 Å². The zero-order chi connectivity index (χ0) is 10.6. The Morgan fingerprint density at radius 1 is 1.79 bits per heavy atom. The minimum atomic E-state index is -0.192. The molecule has 0 radical (unpaired) electrons. The van der Waals surface area contributed by atoms with E-state index in [4.69, 9.17) is 10.9 Å². The van der Waals surface area contributed by atoms with Gasteiger partial charge in [0.25, 0.3) is 5.91 Å². The molecule has 4 nitrogen and oxygen atoms in total. The average molecular weight is 192 g/mol. The van der Waals surface area contributed by atoms with Crippen LogP contribution in [-0.4, -0.2) is 29.1 Å². The van der Waals surface area contributed by atoms with E-state index in [-0.39, 0.29) is 5.91 Å². The third-order valence-corrected chi connectivity index (χ3v) is 1.80. The van der Waals surface area contributed by atoms with Gasteiger partial charge in [0, 0.05) is 12.6 Å². The van der Waals surface area contributed by atoms with Crippen LogP contribution in [0.4, 0.5) is 0 Å². The average Bonchev–Trinajstić information content (AvgIpc) is 2.60. The monoisotopic (exact) mass is 192 g/mol. The van der Waals surface area contributed by atoms with Gasteiger partial charge in [-0.15, -0.1) is 6.42 Å². The summed E-state index contributed by atoms with van der Waals surface area (Å²) < 4.78 is 4.81. The molecular formula is C10H12N2O2. The van der Waals surface area contributed by atoms with Crippen LogP contribution in [0.3, 0.4) is 0 Å². The number of hydrogen-bond donors (Lipinski definition) is 0. The molecule has 1 aromatic rings. The van der Waals surface area contributed by atoms with Crippen LogP contribution in [0.2, 0.25) is 0 Å². The van der Waals surface area contributed by atoms with Crippen molar-refractivity contribution in [1.29, 1.82) is 0 Å². The number of carbonyl (C=O) groups excluding carboxylic acids is 1. The Morgan fingerprint density at radius 2 is 2.50 bits per heavy atom. The zero-order valence-corrected chi connectivity index (χ0v) is 8.28. The standard InChI is InChI=1S/C10H12N2O2/c1-4-6-12(5-2)10(13)9-7-8(3)14-11-9/h1,7H,5-6H2,2-3H3. The molecule has 1 amide bonds. The number of rotatable bonds is 3. The minimum absolute atomic E-state index is 0.192. The molecule has 0 unspecified atom stereocenters. The van der Waals surface area contributed by atoms with Gasteiger partial charge in [0.05, 0.1) is 6.54 Å². The summed E-state index contributed by atoms with van der Waals surface area (Å²) in [5.74, 6) is 2.85. The minimum Gasteiger partial charge on any atom is -0.361 e. The maximum atomic E-state index is 11.7. The first-order chi connectivity index (χ1) is 6.69. The maximum absolute atomic E-state index is 11.7. The van der Waals surface area contributed by atoms with E-state index in [0.29, 0.717) is 24.5 Å². The summed E-state index contributed by atoms with van der Waals surface area (Å²) in [5.41, 5.74) is 0.305. The molecule has 0 aromatic carbocycles. The van der Waals surface area contributed by atoms with Crippen LogP contribution in [0.25, 0.3) is 0 Å². The second-order valence-electron chi connectivity index (χ2n) is 2.85. The lowest BCUT2D eigenvalue weighted by molar-refractivity contribution is 0.0774. The van der Waals surface area contributed by atoms with Crippen molar-refractivity contribution in [2.24, 2.45) is 0 Å². The second kappa shape index (κ2) is 4.47. The van der Waals surface area contributed by atoms with Gasteiger partial charge < -0.3 is 9.42 Å². The molecule has 14 heavy (non-hydrogen) atoms. The van der Waals surface area contributed by atoms with Crippen LogP contribution in [0.5, 0.6) is 0 Å². The van der Waals surface area contributed by atoms with Crippen molar-refractivity contribution in [2.45, 2.75) is 13.8 Å². The van der Waals surface area contributed by atoms with Crippen molar-refractivity contribution in [1.82, 2.24) is 10.1 Å². The molecule has 0 spiro atoms.